The van der Waals surface area contributed by atoms with Crippen molar-refractivity contribution in [1.29, 1.82) is 0 Å². The third-order valence-electron chi connectivity index (χ3n) is 4.26. The topological polar surface area (TPSA) is 86.2 Å². The van der Waals surface area contributed by atoms with Crippen LogP contribution in [-0.4, -0.2) is 28.3 Å². The highest BCUT2D eigenvalue weighted by Crippen LogP contribution is 2.28. The standard InChI is InChI=1S/C23H24N2O5S/c1-3-29-20-10-12-21(13-11-20)31(26,27)25-24-16-19-9-14-22(28-2)23(15-19)30-17-18-7-5-4-6-8-18/h4-16,25H,3,17H2,1-2H3. The minimum atomic E-state index is -3.79. The molecular formula is C23H24N2O5S. The summed E-state index contributed by atoms with van der Waals surface area (Å²) in [5.41, 5.74) is 1.67. The summed E-state index contributed by atoms with van der Waals surface area (Å²) in [5, 5.41) is 3.87. The molecule has 0 aromatic heterocycles. The molecule has 8 heteroatoms. The maximum absolute atomic E-state index is 12.4. The van der Waals surface area contributed by atoms with Crippen molar-refractivity contribution < 1.29 is 22.6 Å². The highest BCUT2D eigenvalue weighted by Gasteiger charge is 2.12. The number of hydrogen-bond donors (Lipinski definition) is 1. The van der Waals surface area contributed by atoms with Gasteiger partial charge < -0.3 is 14.2 Å². The fraction of sp³-hybridized carbons (Fsp3) is 0.174. The zero-order valence-corrected chi connectivity index (χ0v) is 18.1. The van der Waals surface area contributed by atoms with Gasteiger partial charge in [0.2, 0.25) is 0 Å². The first kappa shape index (κ1) is 22.2. The molecule has 3 aromatic carbocycles. The van der Waals surface area contributed by atoms with Crippen LogP contribution in [0, 0.1) is 0 Å². The van der Waals surface area contributed by atoms with E-state index in [4.69, 9.17) is 14.2 Å². The molecule has 0 saturated carbocycles. The number of methoxy groups -OCH3 is 1. The van der Waals surface area contributed by atoms with Crippen LogP contribution in [0.25, 0.3) is 0 Å². The van der Waals surface area contributed by atoms with Gasteiger partial charge in [0.05, 0.1) is 24.8 Å². The van der Waals surface area contributed by atoms with Crippen LogP contribution in [-0.2, 0) is 16.6 Å². The molecular weight excluding hydrogens is 416 g/mol. The predicted octanol–water partition coefficient (Wildman–Crippen LogP) is 3.99. The summed E-state index contributed by atoms with van der Waals surface area (Å²) in [5.74, 6) is 1.71. The second kappa shape index (κ2) is 10.5. The lowest BCUT2D eigenvalue weighted by Crippen LogP contribution is -2.18. The van der Waals surface area contributed by atoms with Gasteiger partial charge in [0, 0.05) is 0 Å². The monoisotopic (exact) mass is 440 g/mol. The number of nitrogens with zero attached hydrogens (tertiary/aromatic N) is 1. The molecule has 1 N–H and O–H groups in total. The SMILES string of the molecule is CCOc1ccc(S(=O)(=O)NN=Cc2ccc(OC)c(OCc3ccccc3)c2)cc1. The van der Waals surface area contributed by atoms with Gasteiger partial charge in [-0.15, -0.1) is 0 Å². The molecule has 0 heterocycles. The largest absolute Gasteiger partial charge is 0.494 e. The molecule has 0 fully saturated rings. The van der Waals surface area contributed by atoms with Gasteiger partial charge >= 0.3 is 0 Å². The van der Waals surface area contributed by atoms with Crippen LogP contribution in [0.5, 0.6) is 17.2 Å². The Hall–Kier alpha value is -3.52. The van der Waals surface area contributed by atoms with E-state index in [-0.39, 0.29) is 4.90 Å². The van der Waals surface area contributed by atoms with Gasteiger partial charge in [0.25, 0.3) is 10.0 Å². The van der Waals surface area contributed by atoms with Crippen molar-refractivity contribution in [1.82, 2.24) is 4.83 Å². The van der Waals surface area contributed by atoms with E-state index >= 15 is 0 Å². The molecule has 0 spiro atoms. The number of ether oxygens (including phenoxy) is 3. The van der Waals surface area contributed by atoms with Crippen molar-refractivity contribution >= 4 is 16.2 Å². The quantitative estimate of drug-likeness (QED) is 0.381. The lowest BCUT2D eigenvalue weighted by molar-refractivity contribution is 0.284. The van der Waals surface area contributed by atoms with Gasteiger partial charge in [-0.2, -0.15) is 13.5 Å². The van der Waals surface area contributed by atoms with Gasteiger partial charge in [0.15, 0.2) is 11.5 Å². The lowest BCUT2D eigenvalue weighted by Gasteiger charge is -2.11. The first-order chi connectivity index (χ1) is 15.0. The fourth-order valence-electron chi connectivity index (χ4n) is 2.73. The van der Waals surface area contributed by atoms with Crippen molar-refractivity contribution in [2.75, 3.05) is 13.7 Å². The lowest BCUT2D eigenvalue weighted by atomic mass is 10.2. The Morgan fingerprint density at radius 1 is 0.935 bits per heavy atom. The fourth-order valence-corrected chi connectivity index (χ4v) is 3.52. The summed E-state index contributed by atoms with van der Waals surface area (Å²) in [6.07, 6.45) is 1.40. The second-order valence-electron chi connectivity index (χ2n) is 6.44. The number of sulfonamides is 1. The molecule has 162 valence electrons. The van der Waals surface area contributed by atoms with Gasteiger partial charge in [-0.3, -0.25) is 0 Å². The molecule has 3 rings (SSSR count). The highest BCUT2D eigenvalue weighted by molar-refractivity contribution is 7.89. The summed E-state index contributed by atoms with van der Waals surface area (Å²) >= 11 is 0. The van der Waals surface area contributed by atoms with Gasteiger partial charge in [0.1, 0.15) is 12.4 Å². The van der Waals surface area contributed by atoms with Crippen molar-refractivity contribution in [2.24, 2.45) is 5.10 Å². The van der Waals surface area contributed by atoms with Crippen LogP contribution in [0.15, 0.2) is 82.8 Å². The second-order valence-corrected chi connectivity index (χ2v) is 8.10. The van der Waals surface area contributed by atoms with E-state index in [0.29, 0.717) is 36.0 Å². The maximum atomic E-state index is 12.4. The summed E-state index contributed by atoms with van der Waals surface area (Å²) in [6, 6.07) is 21.1. The van der Waals surface area contributed by atoms with E-state index in [9.17, 15) is 8.42 Å². The Bertz CT molecular complexity index is 1110. The molecule has 0 saturated heterocycles. The molecule has 0 aliphatic carbocycles. The molecule has 0 bridgehead atoms. The number of hydrogen-bond acceptors (Lipinski definition) is 6. The van der Waals surface area contributed by atoms with Gasteiger partial charge in [-0.05, 0) is 60.5 Å². The van der Waals surface area contributed by atoms with Crippen molar-refractivity contribution in [3.05, 3.63) is 83.9 Å². The van der Waals surface area contributed by atoms with Crippen LogP contribution in [0.2, 0.25) is 0 Å². The minimum Gasteiger partial charge on any atom is -0.494 e. The number of rotatable bonds is 10. The molecule has 0 radical (unpaired) electrons. The molecule has 7 nitrogen and oxygen atoms in total. The van der Waals surface area contributed by atoms with Crippen molar-refractivity contribution in [3.8, 4) is 17.2 Å². The Labute approximate surface area is 182 Å². The van der Waals surface area contributed by atoms with Crippen LogP contribution in [0.3, 0.4) is 0 Å². The average molecular weight is 441 g/mol. The highest BCUT2D eigenvalue weighted by atomic mass is 32.2. The number of nitrogens with one attached hydrogen (secondary N) is 1. The van der Waals surface area contributed by atoms with Crippen molar-refractivity contribution in [2.45, 2.75) is 18.4 Å². The van der Waals surface area contributed by atoms with Crippen molar-refractivity contribution in [3.63, 3.8) is 0 Å². The molecule has 3 aromatic rings. The third-order valence-corrected chi connectivity index (χ3v) is 5.49. The normalized spacial score (nSPS) is 11.3. The first-order valence-corrected chi connectivity index (χ1v) is 11.1. The van der Waals surface area contributed by atoms with E-state index in [1.54, 1.807) is 37.4 Å². The molecule has 0 atom stereocenters. The molecule has 0 aliphatic heterocycles. The molecule has 31 heavy (non-hydrogen) atoms. The van der Waals surface area contributed by atoms with E-state index in [0.717, 1.165) is 5.56 Å². The van der Waals surface area contributed by atoms with Gasteiger partial charge in [-0.1, -0.05) is 30.3 Å². The summed E-state index contributed by atoms with van der Waals surface area (Å²) in [6.45, 7) is 2.74. The third kappa shape index (κ3) is 6.23. The van der Waals surface area contributed by atoms with Crippen LogP contribution in [0.4, 0.5) is 0 Å². The number of hydrazone groups is 1. The summed E-state index contributed by atoms with van der Waals surface area (Å²) in [7, 11) is -2.23. The van der Waals surface area contributed by atoms with Crippen LogP contribution in [0.1, 0.15) is 18.1 Å². The molecule has 0 aliphatic rings. The van der Waals surface area contributed by atoms with E-state index in [2.05, 4.69) is 9.93 Å². The Balaban J connectivity index is 1.68. The van der Waals surface area contributed by atoms with E-state index < -0.39 is 10.0 Å². The Morgan fingerprint density at radius 3 is 2.35 bits per heavy atom. The van der Waals surface area contributed by atoms with E-state index in [1.807, 2.05) is 37.3 Å². The summed E-state index contributed by atoms with van der Waals surface area (Å²) in [4.78, 5) is 2.30. The summed E-state index contributed by atoms with van der Waals surface area (Å²) < 4.78 is 41.3. The predicted molar refractivity (Wildman–Crippen MR) is 119 cm³/mol. The Morgan fingerprint density at radius 2 is 1.68 bits per heavy atom. The number of benzene rings is 3. The maximum Gasteiger partial charge on any atom is 0.276 e. The minimum absolute atomic E-state index is 0.0923. The van der Waals surface area contributed by atoms with Crippen LogP contribution >= 0.6 is 0 Å². The molecule has 0 unspecified atom stereocenters. The zero-order chi connectivity index (χ0) is 22.1. The molecule has 0 amide bonds. The average Bonchev–Trinajstić information content (AvgIpc) is 2.79. The van der Waals surface area contributed by atoms with Gasteiger partial charge in [-0.25, -0.2) is 4.83 Å². The zero-order valence-electron chi connectivity index (χ0n) is 17.3. The smallest absolute Gasteiger partial charge is 0.276 e. The Kier molecular flexibility index (Phi) is 7.50. The van der Waals surface area contributed by atoms with E-state index in [1.165, 1.54) is 18.3 Å². The van der Waals surface area contributed by atoms with Crippen LogP contribution < -0.4 is 19.0 Å². The first-order valence-electron chi connectivity index (χ1n) is 9.64.